The molecule has 1 unspecified atom stereocenters. The number of hydrogen-bond acceptors (Lipinski definition) is 4. The lowest BCUT2D eigenvalue weighted by Crippen LogP contribution is -2.35. The average Bonchev–Trinajstić information content (AvgIpc) is 2.26. The second kappa shape index (κ2) is 7.54. The second-order valence-electron chi connectivity index (χ2n) is 3.88. The number of carbonyl (C=O) groups excluding carboxylic acids is 1. The lowest BCUT2D eigenvalue weighted by atomic mass is 9.93. The molecule has 0 spiro atoms. The number of carbonyl (C=O) groups is 1. The summed E-state index contributed by atoms with van der Waals surface area (Å²) in [4.78, 5) is 20.0. The fourth-order valence-corrected chi connectivity index (χ4v) is 1.64. The van der Waals surface area contributed by atoms with Gasteiger partial charge in [-0.2, -0.15) is 0 Å². The van der Waals surface area contributed by atoms with E-state index in [0.717, 1.165) is 0 Å². The van der Waals surface area contributed by atoms with Crippen molar-refractivity contribution in [3.8, 4) is 0 Å². The molecule has 0 fully saturated rings. The molecule has 0 saturated heterocycles. The summed E-state index contributed by atoms with van der Waals surface area (Å²) in [6, 6.07) is 0. The third kappa shape index (κ3) is 5.91. The predicted molar refractivity (Wildman–Crippen MR) is 64.6 cm³/mol. The zero-order chi connectivity index (χ0) is 13.5. The molecule has 1 atom stereocenters. The molecule has 0 rings (SSSR count). The summed E-state index contributed by atoms with van der Waals surface area (Å²) in [5, 5.41) is 0. The van der Waals surface area contributed by atoms with Crippen LogP contribution in [0.3, 0.4) is 0 Å². The molecule has 17 heavy (non-hydrogen) atoms. The maximum absolute atomic E-state index is 11.5. The molecule has 0 saturated carbocycles. The van der Waals surface area contributed by atoms with Crippen LogP contribution in [0.25, 0.3) is 0 Å². The van der Waals surface area contributed by atoms with Gasteiger partial charge in [-0.15, -0.1) is 9.42 Å². The van der Waals surface area contributed by atoms with Gasteiger partial charge in [0, 0.05) is 16.6 Å². The Bertz CT molecular complexity index is 296. The van der Waals surface area contributed by atoms with Gasteiger partial charge in [0.15, 0.2) is 0 Å². The molecule has 0 aliphatic carbocycles. The van der Waals surface area contributed by atoms with Crippen LogP contribution in [0.5, 0.6) is 0 Å². The molecule has 98 valence electrons. The fourth-order valence-electron chi connectivity index (χ4n) is 1.39. The normalized spacial score (nSPS) is 12.1. The van der Waals surface area contributed by atoms with Crippen molar-refractivity contribution >= 4 is 14.2 Å². The second-order valence-corrected chi connectivity index (χ2v) is 4.61. The van der Waals surface area contributed by atoms with E-state index in [1.807, 2.05) is 13.8 Å². The Morgan fingerprint density at radius 2 is 1.94 bits per heavy atom. The van der Waals surface area contributed by atoms with Gasteiger partial charge in [0.1, 0.15) is 12.2 Å². The van der Waals surface area contributed by atoms with Gasteiger partial charge in [0.2, 0.25) is 0 Å². The minimum absolute atomic E-state index is 0.0802. The fraction of sp³-hybridized carbons (Fsp3) is 0.727. The molecule has 0 aliphatic heterocycles. The van der Waals surface area contributed by atoms with Crippen LogP contribution >= 0.6 is 8.25 Å². The lowest BCUT2D eigenvalue weighted by Gasteiger charge is -2.30. The Balaban J connectivity index is 4.49. The van der Waals surface area contributed by atoms with Crippen molar-refractivity contribution in [2.24, 2.45) is 0 Å². The molecular weight excluding hydrogens is 243 g/mol. The quantitative estimate of drug-likeness (QED) is 0.414. The Labute approximate surface area is 103 Å². The van der Waals surface area contributed by atoms with Gasteiger partial charge >= 0.3 is 14.2 Å². The highest BCUT2D eigenvalue weighted by atomic mass is 31.1. The van der Waals surface area contributed by atoms with E-state index in [2.05, 4.69) is 11.1 Å². The lowest BCUT2D eigenvalue weighted by molar-refractivity contribution is -0.157. The maximum Gasteiger partial charge on any atom is 0.694 e. The smallest absolute Gasteiger partial charge is 0.456 e. The van der Waals surface area contributed by atoms with Gasteiger partial charge in [-0.05, 0) is 19.8 Å². The highest BCUT2D eigenvalue weighted by Gasteiger charge is 2.32. The first-order valence-corrected chi connectivity index (χ1v) is 6.67. The zero-order valence-electron chi connectivity index (χ0n) is 10.6. The number of esters is 1. The van der Waals surface area contributed by atoms with Gasteiger partial charge in [-0.25, -0.2) is 4.79 Å². The number of hydrogen-bond donors (Lipinski definition) is 1. The third-order valence-electron chi connectivity index (χ3n) is 2.71. The summed E-state index contributed by atoms with van der Waals surface area (Å²) in [6.07, 6.45) is 1.63. The largest absolute Gasteiger partial charge is 0.694 e. The van der Waals surface area contributed by atoms with E-state index < -0.39 is 19.8 Å². The predicted octanol–water partition coefficient (Wildman–Crippen LogP) is 2.72. The zero-order valence-corrected chi connectivity index (χ0v) is 11.5. The highest BCUT2D eigenvalue weighted by molar-refractivity contribution is 7.32. The molecule has 5 nitrogen and oxygen atoms in total. The van der Waals surface area contributed by atoms with E-state index in [9.17, 15) is 9.36 Å². The molecule has 0 radical (unpaired) electrons. The molecule has 0 bridgehead atoms. The Hall–Kier alpha value is -0.770. The molecule has 6 heteroatoms. The van der Waals surface area contributed by atoms with E-state index in [1.54, 1.807) is 6.92 Å². The van der Waals surface area contributed by atoms with E-state index in [1.165, 1.54) is 0 Å². The van der Waals surface area contributed by atoms with Crippen molar-refractivity contribution in [2.75, 3.05) is 6.61 Å². The van der Waals surface area contributed by atoms with Crippen molar-refractivity contribution in [1.29, 1.82) is 0 Å². The summed E-state index contributed by atoms with van der Waals surface area (Å²) >= 11 is 0. The third-order valence-corrected chi connectivity index (χ3v) is 3.11. The molecule has 0 aromatic carbocycles. The van der Waals surface area contributed by atoms with Gasteiger partial charge in [0.25, 0.3) is 0 Å². The maximum atomic E-state index is 11.5. The topological polar surface area (TPSA) is 72.8 Å². The Kier molecular flexibility index (Phi) is 7.19. The van der Waals surface area contributed by atoms with Crippen LogP contribution in [0, 0.1) is 0 Å². The van der Waals surface area contributed by atoms with Gasteiger partial charge in [0.05, 0.1) is 0 Å². The van der Waals surface area contributed by atoms with Gasteiger partial charge in [-0.3, -0.25) is 0 Å². The van der Waals surface area contributed by atoms with Crippen LogP contribution in [0.1, 0.15) is 40.0 Å². The van der Waals surface area contributed by atoms with Crippen LogP contribution in [0.4, 0.5) is 0 Å². The molecule has 0 aromatic heterocycles. The minimum Gasteiger partial charge on any atom is -0.456 e. The first-order valence-electron chi connectivity index (χ1n) is 5.54. The Morgan fingerprint density at radius 3 is 2.29 bits per heavy atom. The molecular formula is C11H20O5P+. The highest BCUT2D eigenvalue weighted by Crippen LogP contribution is 2.27. The average molecular weight is 263 g/mol. The molecule has 0 heterocycles. The van der Waals surface area contributed by atoms with E-state index in [-0.39, 0.29) is 6.61 Å². The first-order chi connectivity index (χ1) is 7.87. The monoisotopic (exact) mass is 263 g/mol. The van der Waals surface area contributed by atoms with Crippen molar-refractivity contribution < 1.29 is 23.5 Å². The summed E-state index contributed by atoms with van der Waals surface area (Å²) in [7, 11) is -2.60. The molecule has 0 aliphatic rings. The molecule has 0 amide bonds. The van der Waals surface area contributed by atoms with Crippen LogP contribution in [-0.4, -0.2) is 23.1 Å². The van der Waals surface area contributed by atoms with E-state index in [0.29, 0.717) is 24.8 Å². The van der Waals surface area contributed by atoms with E-state index in [4.69, 9.17) is 9.63 Å². The van der Waals surface area contributed by atoms with Crippen LogP contribution < -0.4 is 0 Å². The summed E-state index contributed by atoms with van der Waals surface area (Å²) in [6.45, 7) is 8.98. The summed E-state index contributed by atoms with van der Waals surface area (Å²) in [5.74, 6) is -0.443. The Morgan fingerprint density at radius 1 is 1.41 bits per heavy atom. The van der Waals surface area contributed by atoms with Crippen molar-refractivity contribution in [2.45, 2.75) is 45.6 Å². The molecule has 1 N–H and O–H groups in total. The molecule has 0 aromatic rings. The van der Waals surface area contributed by atoms with Crippen molar-refractivity contribution in [3.63, 3.8) is 0 Å². The van der Waals surface area contributed by atoms with Crippen molar-refractivity contribution in [1.82, 2.24) is 0 Å². The van der Waals surface area contributed by atoms with Gasteiger partial charge in [-0.1, -0.05) is 20.4 Å². The van der Waals surface area contributed by atoms with Crippen molar-refractivity contribution in [3.05, 3.63) is 12.2 Å². The first kappa shape index (κ1) is 16.2. The SMILES string of the molecule is C=C(C)C(=O)OC(CC)(CC)CCO[P+](=O)O. The van der Waals surface area contributed by atoms with Crippen LogP contribution in [0.2, 0.25) is 0 Å². The summed E-state index contributed by atoms with van der Waals surface area (Å²) < 4.78 is 20.4. The van der Waals surface area contributed by atoms with E-state index >= 15 is 0 Å². The van der Waals surface area contributed by atoms with Crippen LogP contribution in [0.15, 0.2) is 12.2 Å². The van der Waals surface area contributed by atoms with Crippen LogP contribution in [-0.2, 0) is 18.6 Å². The summed E-state index contributed by atoms with van der Waals surface area (Å²) in [5.41, 5.74) is -0.313. The standard InChI is InChI=1S/C11H19O5P/c1-5-11(6-2,7-8-15-17(13)14)16-10(12)9(3)4/h3,5-8H2,1-2,4H3/p+1. The number of ether oxygens (including phenoxy) is 1. The minimum atomic E-state index is -2.60. The number of rotatable bonds is 8. The van der Waals surface area contributed by atoms with Gasteiger partial charge < -0.3 is 4.74 Å².